The van der Waals surface area contributed by atoms with Gasteiger partial charge in [-0.25, -0.2) is 0 Å². The first kappa shape index (κ1) is 19.1. The molecule has 1 aromatic heterocycles. The molecule has 0 saturated carbocycles. The van der Waals surface area contributed by atoms with Crippen molar-refractivity contribution in [3.63, 3.8) is 0 Å². The first-order valence-electron chi connectivity index (χ1n) is 8.92. The fraction of sp³-hybridized carbons (Fsp3) is 0.368. The zero-order chi connectivity index (χ0) is 19.2. The van der Waals surface area contributed by atoms with E-state index in [1.807, 2.05) is 24.3 Å². The molecule has 144 valence electrons. The standard InChI is InChI=1S/C19H24ClN5O2/c1-22-19(23-11-14-8-9-17(27-14)18(21)26)24-13-5-4-10-25(12-13)16-7-3-2-6-15(16)20/h2-3,6-9,13H,4-5,10-12H2,1H3,(H2,21,26)(H2,22,23,24). The lowest BCUT2D eigenvalue weighted by Crippen LogP contribution is -2.51. The first-order valence-corrected chi connectivity index (χ1v) is 9.30. The highest BCUT2D eigenvalue weighted by Gasteiger charge is 2.22. The van der Waals surface area contributed by atoms with Gasteiger partial charge in [0.25, 0.3) is 5.91 Å². The number of guanidine groups is 1. The van der Waals surface area contributed by atoms with Crippen LogP contribution < -0.4 is 21.3 Å². The second-order valence-electron chi connectivity index (χ2n) is 6.44. The molecule has 7 nitrogen and oxygen atoms in total. The largest absolute Gasteiger partial charge is 0.454 e. The minimum Gasteiger partial charge on any atom is -0.454 e. The van der Waals surface area contributed by atoms with Crippen molar-refractivity contribution >= 4 is 29.2 Å². The third-order valence-electron chi connectivity index (χ3n) is 4.51. The average Bonchev–Trinajstić information content (AvgIpc) is 3.15. The highest BCUT2D eigenvalue weighted by Crippen LogP contribution is 2.27. The van der Waals surface area contributed by atoms with Crippen LogP contribution in [-0.4, -0.2) is 38.0 Å². The van der Waals surface area contributed by atoms with Crippen molar-refractivity contribution in [3.8, 4) is 0 Å². The van der Waals surface area contributed by atoms with Crippen molar-refractivity contribution in [1.29, 1.82) is 0 Å². The molecule has 1 aliphatic rings. The molecule has 4 N–H and O–H groups in total. The monoisotopic (exact) mass is 389 g/mol. The Kier molecular flexibility index (Phi) is 6.24. The number of aliphatic imine (C=N–C) groups is 1. The number of benzene rings is 1. The van der Waals surface area contributed by atoms with E-state index in [4.69, 9.17) is 21.8 Å². The molecule has 3 rings (SSSR count). The van der Waals surface area contributed by atoms with Crippen molar-refractivity contribution in [2.75, 3.05) is 25.0 Å². The number of nitrogens with zero attached hydrogens (tertiary/aromatic N) is 2. The molecule has 1 atom stereocenters. The quantitative estimate of drug-likeness (QED) is 0.539. The molecule has 2 aromatic rings. The topological polar surface area (TPSA) is 95.9 Å². The van der Waals surface area contributed by atoms with Gasteiger partial charge in [0, 0.05) is 26.2 Å². The number of nitrogens with two attached hydrogens (primary N) is 1. The zero-order valence-electron chi connectivity index (χ0n) is 15.2. The van der Waals surface area contributed by atoms with Gasteiger partial charge in [-0.3, -0.25) is 9.79 Å². The number of halogens is 1. The van der Waals surface area contributed by atoms with Crippen LogP contribution in [0.4, 0.5) is 5.69 Å². The Morgan fingerprint density at radius 2 is 2.19 bits per heavy atom. The molecule has 8 heteroatoms. The Hall–Kier alpha value is -2.67. The summed E-state index contributed by atoms with van der Waals surface area (Å²) in [5, 5.41) is 7.41. The van der Waals surface area contributed by atoms with Gasteiger partial charge in [-0.05, 0) is 37.1 Å². The molecule has 1 aliphatic heterocycles. The number of para-hydroxylation sites is 1. The molecular weight excluding hydrogens is 366 g/mol. The molecule has 1 aromatic carbocycles. The molecule has 1 fully saturated rings. The number of nitrogens with one attached hydrogen (secondary N) is 2. The number of piperidine rings is 1. The second-order valence-corrected chi connectivity index (χ2v) is 6.84. The fourth-order valence-corrected chi connectivity index (χ4v) is 3.44. The van der Waals surface area contributed by atoms with Crippen LogP contribution in [0.3, 0.4) is 0 Å². The van der Waals surface area contributed by atoms with Crippen molar-refractivity contribution in [2.45, 2.75) is 25.4 Å². The van der Waals surface area contributed by atoms with E-state index >= 15 is 0 Å². The van der Waals surface area contributed by atoms with E-state index in [1.54, 1.807) is 19.2 Å². The maximum absolute atomic E-state index is 11.1. The van der Waals surface area contributed by atoms with E-state index < -0.39 is 5.91 Å². The summed E-state index contributed by atoms with van der Waals surface area (Å²) >= 11 is 6.34. The number of hydrogen-bond donors (Lipinski definition) is 3. The van der Waals surface area contributed by atoms with Crippen molar-refractivity contribution in [3.05, 3.63) is 52.9 Å². The Labute approximate surface area is 163 Å². The van der Waals surface area contributed by atoms with E-state index in [0.29, 0.717) is 18.3 Å². The van der Waals surface area contributed by atoms with E-state index in [-0.39, 0.29) is 11.8 Å². The maximum atomic E-state index is 11.1. The highest BCUT2D eigenvalue weighted by atomic mass is 35.5. The maximum Gasteiger partial charge on any atom is 0.284 e. The van der Waals surface area contributed by atoms with Crippen LogP contribution in [-0.2, 0) is 6.54 Å². The normalized spacial score (nSPS) is 17.6. The average molecular weight is 390 g/mol. The van der Waals surface area contributed by atoms with Gasteiger partial charge in [-0.15, -0.1) is 0 Å². The molecule has 27 heavy (non-hydrogen) atoms. The van der Waals surface area contributed by atoms with Gasteiger partial charge in [0.1, 0.15) is 5.76 Å². The number of primary amides is 1. The van der Waals surface area contributed by atoms with E-state index in [9.17, 15) is 4.79 Å². The smallest absolute Gasteiger partial charge is 0.284 e. The van der Waals surface area contributed by atoms with Crippen molar-refractivity contribution in [1.82, 2.24) is 10.6 Å². The predicted molar refractivity (Wildman–Crippen MR) is 107 cm³/mol. The molecular formula is C19H24ClN5O2. The number of carbonyl (C=O) groups is 1. The minimum absolute atomic E-state index is 0.150. The van der Waals surface area contributed by atoms with Crippen LogP contribution >= 0.6 is 11.6 Å². The summed E-state index contributed by atoms with van der Waals surface area (Å²) in [5.41, 5.74) is 6.26. The van der Waals surface area contributed by atoms with Gasteiger partial charge >= 0.3 is 0 Å². The van der Waals surface area contributed by atoms with Gasteiger partial charge in [0.15, 0.2) is 11.7 Å². The van der Waals surface area contributed by atoms with Gasteiger partial charge in [0.2, 0.25) is 0 Å². The summed E-state index contributed by atoms with van der Waals surface area (Å²) < 4.78 is 5.38. The lowest BCUT2D eigenvalue weighted by Gasteiger charge is -2.35. The lowest BCUT2D eigenvalue weighted by molar-refractivity contribution is 0.0972. The van der Waals surface area contributed by atoms with Gasteiger partial charge < -0.3 is 25.7 Å². The highest BCUT2D eigenvalue weighted by molar-refractivity contribution is 6.33. The summed E-state index contributed by atoms with van der Waals surface area (Å²) in [6.07, 6.45) is 2.12. The fourth-order valence-electron chi connectivity index (χ4n) is 3.19. The molecule has 1 saturated heterocycles. The molecule has 2 heterocycles. The van der Waals surface area contributed by atoms with Crippen LogP contribution in [0.1, 0.15) is 29.2 Å². The summed E-state index contributed by atoms with van der Waals surface area (Å²) in [5.74, 6) is 0.870. The summed E-state index contributed by atoms with van der Waals surface area (Å²) in [4.78, 5) is 17.7. The van der Waals surface area contributed by atoms with E-state index in [1.165, 1.54) is 0 Å². The van der Waals surface area contributed by atoms with Gasteiger partial charge in [-0.2, -0.15) is 0 Å². The van der Waals surface area contributed by atoms with Crippen LogP contribution in [0.25, 0.3) is 0 Å². The van der Waals surface area contributed by atoms with Gasteiger partial charge in [-0.1, -0.05) is 23.7 Å². The molecule has 1 amide bonds. The number of anilines is 1. The summed E-state index contributed by atoms with van der Waals surface area (Å²) in [7, 11) is 1.72. The van der Waals surface area contributed by atoms with Crippen LogP contribution in [0.2, 0.25) is 5.02 Å². The number of amides is 1. The number of furan rings is 1. The predicted octanol–water partition coefficient (Wildman–Crippen LogP) is 2.37. The number of hydrogen-bond acceptors (Lipinski definition) is 4. The first-order chi connectivity index (χ1) is 13.1. The van der Waals surface area contributed by atoms with Crippen molar-refractivity contribution in [2.24, 2.45) is 10.7 Å². The Morgan fingerprint density at radius 1 is 1.37 bits per heavy atom. The molecule has 0 bridgehead atoms. The molecule has 1 unspecified atom stereocenters. The SMILES string of the molecule is CN=C(NCc1ccc(C(N)=O)o1)NC1CCCN(c2ccccc2Cl)C1. The van der Waals surface area contributed by atoms with E-state index in [0.717, 1.165) is 36.6 Å². The minimum atomic E-state index is -0.578. The van der Waals surface area contributed by atoms with Crippen molar-refractivity contribution < 1.29 is 9.21 Å². The molecule has 0 aliphatic carbocycles. The lowest BCUT2D eigenvalue weighted by atomic mass is 10.0. The molecule has 0 spiro atoms. The third kappa shape index (κ3) is 4.95. The van der Waals surface area contributed by atoms with E-state index in [2.05, 4.69) is 20.5 Å². The second kappa shape index (κ2) is 8.81. The Morgan fingerprint density at radius 3 is 2.89 bits per heavy atom. The Balaban J connectivity index is 1.56. The Bertz CT molecular complexity index is 820. The van der Waals surface area contributed by atoms with Gasteiger partial charge in [0.05, 0.1) is 17.3 Å². The number of rotatable bonds is 5. The van der Waals surface area contributed by atoms with Crippen LogP contribution in [0, 0.1) is 0 Å². The summed E-state index contributed by atoms with van der Waals surface area (Å²) in [6.45, 7) is 2.24. The molecule has 0 radical (unpaired) electrons. The van der Waals surface area contributed by atoms with Crippen LogP contribution in [0.5, 0.6) is 0 Å². The zero-order valence-corrected chi connectivity index (χ0v) is 16.0. The third-order valence-corrected chi connectivity index (χ3v) is 4.83. The number of carbonyl (C=O) groups excluding carboxylic acids is 1. The summed E-state index contributed by atoms with van der Waals surface area (Å²) in [6, 6.07) is 11.4. The van der Waals surface area contributed by atoms with Crippen LogP contribution in [0.15, 0.2) is 45.8 Å².